The highest BCUT2D eigenvalue weighted by Crippen LogP contribution is 2.20. The number of amides is 1. The summed E-state index contributed by atoms with van der Waals surface area (Å²) in [6, 6.07) is 12.5. The standard InChI is InChI=1S/C18H16N2O5/c1-2-25-18(22)14-8-4-5-9-15(14)19-17(21)12-11-13-7-3-6-10-16(13)20(23)24/h3-12H,2H2,1H3,(H,19,21). The summed E-state index contributed by atoms with van der Waals surface area (Å²) in [4.78, 5) is 34.4. The summed E-state index contributed by atoms with van der Waals surface area (Å²) >= 11 is 0. The second-order valence-electron chi connectivity index (χ2n) is 4.90. The summed E-state index contributed by atoms with van der Waals surface area (Å²) in [5.41, 5.74) is 0.745. The number of benzene rings is 2. The number of hydrogen-bond donors (Lipinski definition) is 1. The zero-order valence-electron chi connectivity index (χ0n) is 13.5. The number of ether oxygens (including phenoxy) is 1. The van der Waals surface area contributed by atoms with Gasteiger partial charge in [-0.25, -0.2) is 4.79 Å². The number of anilines is 1. The molecule has 0 radical (unpaired) electrons. The normalized spacial score (nSPS) is 10.4. The zero-order chi connectivity index (χ0) is 18.2. The minimum Gasteiger partial charge on any atom is -0.462 e. The van der Waals surface area contributed by atoms with Crippen LogP contribution in [0.1, 0.15) is 22.8 Å². The molecule has 0 saturated heterocycles. The molecule has 0 saturated carbocycles. The fourth-order valence-corrected chi connectivity index (χ4v) is 2.11. The maximum atomic E-state index is 12.1. The summed E-state index contributed by atoms with van der Waals surface area (Å²) in [6.45, 7) is 1.91. The van der Waals surface area contributed by atoms with Gasteiger partial charge in [0.05, 0.1) is 28.3 Å². The van der Waals surface area contributed by atoms with Gasteiger partial charge < -0.3 is 10.1 Å². The number of carbonyl (C=O) groups excluding carboxylic acids is 2. The van der Waals surface area contributed by atoms with Crippen LogP contribution in [-0.2, 0) is 9.53 Å². The quantitative estimate of drug-likeness (QED) is 0.376. The molecule has 25 heavy (non-hydrogen) atoms. The maximum absolute atomic E-state index is 12.1. The molecule has 0 aliphatic heterocycles. The van der Waals surface area contributed by atoms with Crippen LogP contribution in [0.3, 0.4) is 0 Å². The molecule has 0 aromatic heterocycles. The molecule has 2 aromatic rings. The van der Waals surface area contributed by atoms with E-state index in [1.807, 2.05) is 0 Å². The molecule has 7 nitrogen and oxygen atoms in total. The molecular weight excluding hydrogens is 324 g/mol. The third-order valence-corrected chi connectivity index (χ3v) is 3.23. The van der Waals surface area contributed by atoms with Crippen LogP contribution in [0.4, 0.5) is 11.4 Å². The van der Waals surface area contributed by atoms with Crippen LogP contribution in [0.5, 0.6) is 0 Å². The molecule has 0 fully saturated rings. The van der Waals surface area contributed by atoms with Crippen LogP contribution < -0.4 is 5.32 Å². The van der Waals surface area contributed by atoms with Crippen molar-refractivity contribution in [1.29, 1.82) is 0 Å². The highest BCUT2D eigenvalue weighted by Gasteiger charge is 2.13. The molecule has 0 bridgehead atoms. The molecule has 128 valence electrons. The van der Waals surface area contributed by atoms with Gasteiger partial charge in [-0.1, -0.05) is 24.3 Å². The Kier molecular flexibility index (Phi) is 6.00. The summed E-state index contributed by atoms with van der Waals surface area (Å²) < 4.78 is 4.94. The maximum Gasteiger partial charge on any atom is 0.340 e. The van der Waals surface area contributed by atoms with Crippen LogP contribution in [0.15, 0.2) is 54.6 Å². The van der Waals surface area contributed by atoms with Gasteiger partial charge in [-0.2, -0.15) is 0 Å². The van der Waals surface area contributed by atoms with Crippen molar-refractivity contribution < 1.29 is 19.2 Å². The molecule has 0 atom stereocenters. The fourth-order valence-electron chi connectivity index (χ4n) is 2.11. The second kappa shape index (κ2) is 8.39. The Bertz CT molecular complexity index is 830. The van der Waals surface area contributed by atoms with Gasteiger partial charge in [0, 0.05) is 12.1 Å². The van der Waals surface area contributed by atoms with Crippen molar-refractivity contribution in [2.45, 2.75) is 6.92 Å². The molecule has 2 rings (SSSR count). The number of nitro benzene ring substituents is 1. The first-order valence-corrected chi connectivity index (χ1v) is 7.51. The van der Waals surface area contributed by atoms with Gasteiger partial charge in [-0.05, 0) is 31.2 Å². The van der Waals surface area contributed by atoms with E-state index in [1.54, 1.807) is 43.3 Å². The van der Waals surface area contributed by atoms with Gasteiger partial charge in [0.25, 0.3) is 5.69 Å². The van der Waals surface area contributed by atoms with Crippen LogP contribution >= 0.6 is 0 Å². The van der Waals surface area contributed by atoms with Gasteiger partial charge in [0.2, 0.25) is 5.91 Å². The van der Waals surface area contributed by atoms with Crippen LogP contribution in [0, 0.1) is 10.1 Å². The summed E-state index contributed by atoms with van der Waals surface area (Å²) in [6.07, 6.45) is 2.52. The van der Waals surface area contributed by atoms with Crippen LogP contribution in [0.25, 0.3) is 6.08 Å². The third kappa shape index (κ3) is 4.74. The number of rotatable bonds is 6. The van der Waals surface area contributed by atoms with Gasteiger partial charge in [-0.15, -0.1) is 0 Å². The zero-order valence-corrected chi connectivity index (χ0v) is 13.5. The topological polar surface area (TPSA) is 98.5 Å². The first-order chi connectivity index (χ1) is 12.0. The first-order valence-electron chi connectivity index (χ1n) is 7.51. The average Bonchev–Trinajstić information content (AvgIpc) is 2.60. The smallest absolute Gasteiger partial charge is 0.340 e. The van der Waals surface area contributed by atoms with Crippen molar-refractivity contribution in [3.8, 4) is 0 Å². The number of nitrogens with one attached hydrogen (secondary N) is 1. The minimum atomic E-state index is -0.541. The lowest BCUT2D eigenvalue weighted by molar-refractivity contribution is -0.385. The molecule has 1 N–H and O–H groups in total. The molecule has 1 amide bonds. The van der Waals surface area contributed by atoms with E-state index in [2.05, 4.69) is 5.32 Å². The van der Waals surface area contributed by atoms with E-state index < -0.39 is 16.8 Å². The molecule has 0 heterocycles. The van der Waals surface area contributed by atoms with E-state index in [1.165, 1.54) is 24.3 Å². The van der Waals surface area contributed by atoms with Crippen molar-refractivity contribution in [1.82, 2.24) is 0 Å². The lowest BCUT2D eigenvalue weighted by atomic mass is 10.1. The molecule has 0 aliphatic carbocycles. The highest BCUT2D eigenvalue weighted by atomic mass is 16.6. The van der Waals surface area contributed by atoms with Crippen molar-refractivity contribution >= 4 is 29.3 Å². The molecule has 0 aliphatic rings. The van der Waals surface area contributed by atoms with Crippen molar-refractivity contribution in [2.24, 2.45) is 0 Å². The van der Waals surface area contributed by atoms with Crippen LogP contribution in [0.2, 0.25) is 0 Å². The average molecular weight is 340 g/mol. The molecular formula is C18H16N2O5. The lowest BCUT2D eigenvalue weighted by Crippen LogP contribution is -2.13. The molecule has 2 aromatic carbocycles. The second-order valence-corrected chi connectivity index (χ2v) is 4.90. The first kappa shape index (κ1) is 17.9. The number of esters is 1. The van der Waals surface area contributed by atoms with Crippen LogP contribution in [-0.4, -0.2) is 23.4 Å². The molecule has 0 unspecified atom stereocenters. The largest absolute Gasteiger partial charge is 0.462 e. The Morgan fingerprint density at radius 2 is 1.84 bits per heavy atom. The summed E-state index contributed by atoms with van der Waals surface area (Å²) in [5.74, 6) is -1.06. The van der Waals surface area contributed by atoms with E-state index in [9.17, 15) is 19.7 Å². The van der Waals surface area contributed by atoms with E-state index in [4.69, 9.17) is 4.74 Å². The molecule has 7 heteroatoms. The molecule has 0 spiro atoms. The number of para-hydroxylation sites is 2. The number of hydrogen-bond acceptors (Lipinski definition) is 5. The number of nitro groups is 1. The SMILES string of the molecule is CCOC(=O)c1ccccc1NC(=O)C=Cc1ccccc1[N+](=O)[O-]. The summed E-state index contributed by atoms with van der Waals surface area (Å²) in [7, 11) is 0. The van der Waals surface area contributed by atoms with E-state index in [-0.39, 0.29) is 17.9 Å². The van der Waals surface area contributed by atoms with Gasteiger partial charge in [0.1, 0.15) is 0 Å². The Labute approximate surface area is 144 Å². The minimum absolute atomic E-state index is 0.0986. The number of carbonyl (C=O) groups is 2. The monoisotopic (exact) mass is 340 g/mol. The van der Waals surface area contributed by atoms with E-state index >= 15 is 0 Å². The Hall–Kier alpha value is -3.48. The van der Waals surface area contributed by atoms with Crippen molar-refractivity contribution in [3.05, 3.63) is 75.8 Å². The van der Waals surface area contributed by atoms with E-state index in [0.29, 0.717) is 11.3 Å². The lowest BCUT2D eigenvalue weighted by Gasteiger charge is -2.08. The Morgan fingerprint density at radius 3 is 2.56 bits per heavy atom. The third-order valence-electron chi connectivity index (χ3n) is 3.23. The highest BCUT2D eigenvalue weighted by molar-refractivity contribution is 6.06. The predicted molar refractivity (Wildman–Crippen MR) is 93.2 cm³/mol. The number of nitrogens with zero attached hydrogens (tertiary/aromatic N) is 1. The van der Waals surface area contributed by atoms with Gasteiger partial charge in [-0.3, -0.25) is 14.9 Å². The summed E-state index contributed by atoms with van der Waals surface area (Å²) in [5, 5.41) is 13.5. The van der Waals surface area contributed by atoms with Gasteiger partial charge >= 0.3 is 5.97 Å². The van der Waals surface area contributed by atoms with Gasteiger partial charge in [0.15, 0.2) is 0 Å². The van der Waals surface area contributed by atoms with E-state index in [0.717, 1.165) is 0 Å². The Morgan fingerprint density at radius 1 is 1.16 bits per heavy atom. The van der Waals surface area contributed by atoms with Crippen molar-refractivity contribution in [2.75, 3.05) is 11.9 Å². The van der Waals surface area contributed by atoms with Crippen molar-refractivity contribution in [3.63, 3.8) is 0 Å². The Balaban J connectivity index is 2.16. The predicted octanol–water partition coefficient (Wildman–Crippen LogP) is 3.42. The fraction of sp³-hybridized carbons (Fsp3) is 0.111.